The first-order chi connectivity index (χ1) is 12.6. The number of pyridine rings is 1. The highest BCUT2D eigenvalue weighted by molar-refractivity contribution is 6.30. The van der Waals surface area contributed by atoms with Gasteiger partial charge in [-0.15, -0.1) is 0 Å². The Labute approximate surface area is 154 Å². The van der Waals surface area contributed by atoms with Crippen molar-refractivity contribution in [2.24, 2.45) is 0 Å². The predicted octanol–water partition coefficient (Wildman–Crippen LogP) is 3.61. The molecule has 1 aliphatic heterocycles. The van der Waals surface area contributed by atoms with Gasteiger partial charge in [0, 0.05) is 37.1 Å². The lowest BCUT2D eigenvalue weighted by molar-refractivity contribution is 0.0705. The van der Waals surface area contributed by atoms with Crippen molar-refractivity contribution in [2.45, 2.75) is 18.8 Å². The SMILES string of the molecule is O=C(c1ccc(F)nc1)N1CCC[C@H](c2cc(-c3cc(Cl)c[nH]3)n[nH]2)C1. The van der Waals surface area contributed by atoms with E-state index in [0.29, 0.717) is 23.7 Å². The molecule has 0 unspecified atom stereocenters. The highest BCUT2D eigenvalue weighted by Gasteiger charge is 2.27. The number of aromatic amines is 2. The molecule has 1 atom stereocenters. The number of aromatic nitrogens is 4. The van der Waals surface area contributed by atoms with E-state index in [0.717, 1.165) is 29.9 Å². The Hall–Kier alpha value is -2.67. The molecule has 0 aliphatic carbocycles. The van der Waals surface area contributed by atoms with Crippen molar-refractivity contribution in [3.8, 4) is 11.4 Å². The number of hydrogen-bond acceptors (Lipinski definition) is 3. The molecular formula is C18H17ClFN5O. The lowest BCUT2D eigenvalue weighted by Crippen LogP contribution is -2.39. The minimum atomic E-state index is -0.590. The molecule has 1 saturated heterocycles. The summed E-state index contributed by atoms with van der Waals surface area (Å²) in [4.78, 5) is 21.1. The van der Waals surface area contributed by atoms with E-state index in [1.165, 1.54) is 18.3 Å². The molecule has 3 aromatic heterocycles. The molecule has 0 radical (unpaired) electrons. The van der Waals surface area contributed by atoms with E-state index in [2.05, 4.69) is 20.2 Å². The van der Waals surface area contributed by atoms with E-state index in [-0.39, 0.29) is 11.8 Å². The first-order valence-electron chi connectivity index (χ1n) is 8.40. The average molecular weight is 374 g/mol. The fourth-order valence-electron chi connectivity index (χ4n) is 3.30. The van der Waals surface area contributed by atoms with Crippen LogP contribution in [-0.4, -0.2) is 44.1 Å². The van der Waals surface area contributed by atoms with Crippen molar-refractivity contribution in [1.82, 2.24) is 25.1 Å². The van der Waals surface area contributed by atoms with Crippen LogP contribution >= 0.6 is 11.6 Å². The molecule has 4 rings (SSSR count). The molecule has 3 aromatic rings. The molecule has 4 heterocycles. The van der Waals surface area contributed by atoms with E-state index >= 15 is 0 Å². The fourth-order valence-corrected chi connectivity index (χ4v) is 3.46. The number of halogens is 2. The zero-order chi connectivity index (χ0) is 18.1. The van der Waals surface area contributed by atoms with Crippen molar-refractivity contribution < 1.29 is 9.18 Å². The molecular weight excluding hydrogens is 357 g/mol. The fraction of sp³-hybridized carbons (Fsp3) is 0.278. The molecule has 1 aliphatic rings. The van der Waals surface area contributed by atoms with E-state index in [1.54, 1.807) is 11.1 Å². The van der Waals surface area contributed by atoms with E-state index in [1.807, 2.05) is 12.1 Å². The quantitative estimate of drug-likeness (QED) is 0.688. The van der Waals surface area contributed by atoms with Gasteiger partial charge in [0.2, 0.25) is 5.95 Å². The van der Waals surface area contributed by atoms with Crippen LogP contribution in [-0.2, 0) is 0 Å². The minimum Gasteiger partial charge on any atom is -0.358 e. The summed E-state index contributed by atoms with van der Waals surface area (Å²) in [6.07, 6.45) is 4.86. The highest BCUT2D eigenvalue weighted by Crippen LogP contribution is 2.29. The van der Waals surface area contributed by atoms with Crippen molar-refractivity contribution in [3.05, 3.63) is 58.9 Å². The molecule has 8 heteroatoms. The maximum absolute atomic E-state index is 13.0. The van der Waals surface area contributed by atoms with Crippen LogP contribution in [0.15, 0.2) is 36.7 Å². The average Bonchev–Trinajstić information content (AvgIpc) is 3.31. The van der Waals surface area contributed by atoms with Crippen LogP contribution in [0.2, 0.25) is 5.02 Å². The number of nitrogens with zero attached hydrogens (tertiary/aromatic N) is 3. The van der Waals surface area contributed by atoms with Gasteiger partial charge in [-0.3, -0.25) is 9.89 Å². The van der Waals surface area contributed by atoms with Gasteiger partial charge in [0.15, 0.2) is 0 Å². The third kappa shape index (κ3) is 3.35. The summed E-state index contributed by atoms with van der Waals surface area (Å²) in [6, 6.07) is 6.48. The molecule has 26 heavy (non-hydrogen) atoms. The first-order valence-corrected chi connectivity index (χ1v) is 8.78. The van der Waals surface area contributed by atoms with Gasteiger partial charge < -0.3 is 9.88 Å². The third-order valence-electron chi connectivity index (χ3n) is 4.64. The van der Waals surface area contributed by atoms with Gasteiger partial charge in [-0.25, -0.2) is 4.98 Å². The second-order valence-electron chi connectivity index (χ2n) is 6.40. The van der Waals surface area contributed by atoms with Crippen LogP contribution < -0.4 is 0 Å². The van der Waals surface area contributed by atoms with E-state index < -0.39 is 5.95 Å². The molecule has 0 aromatic carbocycles. The van der Waals surface area contributed by atoms with Crippen LogP contribution in [0.5, 0.6) is 0 Å². The van der Waals surface area contributed by atoms with Crippen molar-refractivity contribution in [2.75, 3.05) is 13.1 Å². The maximum Gasteiger partial charge on any atom is 0.255 e. The van der Waals surface area contributed by atoms with Gasteiger partial charge in [0.25, 0.3) is 5.91 Å². The monoisotopic (exact) mass is 373 g/mol. The topological polar surface area (TPSA) is 77.7 Å². The van der Waals surface area contributed by atoms with E-state index in [9.17, 15) is 9.18 Å². The molecule has 0 bridgehead atoms. The van der Waals surface area contributed by atoms with Crippen molar-refractivity contribution >= 4 is 17.5 Å². The number of nitrogens with one attached hydrogen (secondary N) is 2. The van der Waals surface area contributed by atoms with Gasteiger partial charge in [0.1, 0.15) is 5.69 Å². The Kier molecular flexibility index (Phi) is 4.46. The Balaban J connectivity index is 1.49. The van der Waals surface area contributed by atoms with Crippen LogP contribution in [0.1, 0.15) is 34.8 Å². The number of hydrogen-bond donors (Lipinski definition) is 2. The van der Waals surface area contributed by atoms with Crippen LogP contribution in [0.3, 0.4) is 0 Å². The normalized spacial score (nSPS) is 17.5. The van der Waals surface area contributed by atoms with Crippen molar-refractivity contribution in [3.63, 3.8) is 0 Å². The van der Waals surface area contributed by atoms with Gasteiger partial charge in [0.05, 0.1) is 16.3 Å². The van der Waals surface area contributed by atoms with Gasteiger partial charge in [-0.2, -0.15) is 9.49 Å². The summed E-state index contributed by atoms with van der Waals surface area (Å²) in [5, 5.41) is 8.05. The molecule has 1 fully saturated rings. The number of likely N-dealkylation sites (tertiary alicyclic amines) is 1. The Morgan fingerprint density at radius 3 is 2.96 bits per heavy atom. The van der Waals surface area contributed by atoms with Crippen molar-refractivity contribution in [1.29, 1.82) is 0 Å². The summed E-state index contributed by atoms with van der Waals surface area (Å²) < 4.78 is 13.0. The van der Waals surface area contributed by atoms with Crippen LogP contribution in [0, 0.1) is 5.95 Å². The second kappa shape index (κ2) is 6.92. The summed E-state index contributed by atoms with van der Waals surface area (Å²) >= 11 is 5.95. The first kappa shape index (κ1) is 16.8. The lowest BCUT2D eigenvalue weighted by atomic mass is 9.94. The number of carbonyl (C=O) groups excluding carboxylic acids is 1. The van der Waals surface area contributed by atoms with Crippen LogP contribution in [0.25, 0.3) is 11.4 Å². The largest absolute Gasteiger partial charge is 0.358 e. The predicted molar refractivity (Wildman–Crippen MR) is 95.5 cm³/mol. The second-order valence-corrected chi connectivity index (χ2v) is 6.84. The van der Waals surface area contributed by atoms with E-state index in [4.69, 9.17) is 11.6 Å². The number of carbonyl (C=O) groups is 1. The Morgan fingerprint density at radius 1 is 1.35 bits per heavy atom. The molecule has 6 nitrogen and oxygen atoms in total. The molecule has 0 spiro atoms. The van der Waals surface area contributed by atoms with Gasteiger partial charge >= 0.3 is 0 Å². The van der Waals surface area contributed by atoms with Crippen LogP contribution in [0.4, 0.5) is 4.39 Å². The molecule has 1 amide bonds. The third-order valence-corrected chi connectivity index (χ3v) is 4.86. The molecule has 0 saturated carbocycles. The van der Waals surface area contributed by atoms with Gasteiger partial charge in [-0.1, -0.05) is 11.6 Å². The Bertz CT molecular complexity index is 920. The minimum absolute atomic E-state index is 0.127. The highest BCUT2D eigenvalue weighted by atomic mass is 35.5. The Morgan fingerprint density at radius 2 is 2.23 bits per heavy atom. The summed E-state index contributed by atoms with van der Waals surface area (Å²) in [5.74, 6) is -0.543. The standard InChI is InChI=1S/C18H17ClFN5O/c19-13-6-15(21-9-13)16-7-14(23-24-16)12-2-1-5-25(10-12)18(26)11-3-4-17(20)22-8-11/h3-4,6-9,12,21H,1-2,5,10H2,(H,23,24)/t12-/m0/s1. The number of rotatable bonds is 3. The van der Waals surface area contributed by atoms with Gasteiger partial charge in [-0.05, 0) is 37.1 Å². The molecule has 2 N–H and O–H groups in total. The summed E-state index contributed by atoms with van der Waals surface area (Å²) in [6.45, 7) is 1.27. The zero-order valence-electron chi connectivity index (χ0n) is 13.9. The molecule has 134 valence electrons. The summed E-state index contributed by atoms with van der Waals surface area (Å²) in [7, 11) is 0. The maximum atomic E-state index is 13.0. The number of H-pyrrole nitrogens is 2. The zero-order valence-corrected chi connectivity index (χ0v) is 14.6. The summed E-state index contributed by atoms with van der Waals surface area (Å²) in [5.41, 5.74) is 3.02. The lowest BCUT2D eigenvalue weighted by Gasteiger charge is -2.32. The number of piperidine rings is 1. The smallest absolute Gasteiger partial charge is 0.255 e. The number of amides is 1.